The van der Waals surface area contributed by atoms with Crippen molar-refractivity contribution in [1.82, 2.24) is 4.98 Å². The Morgan fingerprint density at radius 3 is 2.43 bits per heavy atom. The molecule has 0 radical (unpaired) electrons. The number of nitriles is 1. The SMILES string of the molecule is C#C.CC#N.NC(=Nc1ccc(C2(C(F)(F)F)CC2)cc1)c1c(N[C@@H]2CCCOC2)cc[nH]c1=O. The van der Waals surface area contributed by atoms with Crippen molar-refractivity contribution in [2.45, 2.75) is 50.2 Å². The number of rotatable bonds is 5. The molecule has 1 aromatic carbocycles. The minimum atomic E-state index is -4.27. The standard InChI is InChI=1S/C21H23F3N4O2.C2H3N.C2H2/c22-21(23,24)20(8-9-20)13-3-5-14(6-4-13)28-18(25)17-16(7-10-26-19(17)29)27-15-2-1-11-30-12-15;1-2-3;1-2/h3-7,10,15H,1-2,8-9,11-12H2,(H2,25,28)(H2,26,27,29);1H3;1-2H/t15-;;/m1../s1. The normalized spacial score (nSPS) is 18.5. The molecule has 0 amide bonds. The summed E-state index contributed by atoms with van der Waals surface area (Å²) < 4.78 is 45.3. The average Bonchev–Trinajstić information content (AvgIpc) is 3.65. The number of benzene rings is 1. The van der Waals surface area contributed by atoms with E-state index in [2.05, 4.69) is 28.1 Å². The number of pyridine rings is 1. The molecule has 1 aliphatic heterocycles. The van der Waals surface area contributed by atoms with Gasteiger partial charge in [-0.2, -0.15) is 18.4 Å². The van der Waals surface area contributed by atoms with Crippen LogP contribution in [-0.2, 0) is 10.2 Å². The van der Waals surface area contributed by atoms with Crippen molar-refractivity contribution in [3.05, 3.63) is 58.0 Å². The number of hydrogen-bond donors (Lipinski definition) is 3. The maximum absolute atomic E-state index is 13.3. The molecule has 2 aliphatic rings. The zero-order chi connectivity index (χ0) is 26.1. The summed E-state index contributed by atoms with van der Waals surface area (Å²) in [5.74, 6) is -0.0132. The molecule has 35 heavy (non-hydrogen) atoms. The average molecular weight is 488 g/mol. The van der Waals surface area contributed by atoms with Crippen molar-refractivity contribution in [3.8, 4) is 18.9 Å². The van der Waals surface area contributed by atoms with E-state index >= 15 is 0 Å². The largest absolute Gasteiger partial charge is 0.398 e. The predicted octanol–water partition coefficient (Wildman–Crippen LogP) is 4.38. The van der Waals surface area contributed by atoms with Gasteiger partial charge in [0.1, 0.15) is 11.4 Å². The van der Waals surface area contributed by atoms with Gasteiger partial charge in [-0.3, -0.25) is 4.79 Å². The summed E-state index contributed by atoms with van der Waals surface area (Å²) in [6.45, 7) is 2.68. The molecule has 1 aliphatic carbocycles. The number of alkyl halides is 3. The summed E-state index contributed by atoms with van der Waals surface area (Å²) in [6.07, 6.45) is 7.28. The smallest absolute Gasteiger partial charge is 0.383 e. The van der Waals surface area contributed by atoms with Crippen molar-refractivity contribution in [3.63, 3.8) is 0 Å². The molecular weight excluding hydrogens is 459 g/mol. The lowest BCUT2D eigenvalue weighted by atomic mass is 9.95. The van der Waals surface area contributed by atoms with Gasteiger partial charge >= 0.3 is 6.18 Å². The van der Waals surface area contributed by atoms with Crippen LogP contribution in [0.4, 0.5) is 24.5 Å². The van der Waals surface area contributed by atoms with Crippen molar-refractivity contribution in [2.24, 2.45) is 10.7 Å². The third kappa shape index (κ3) is 6.65. The van der Waals surface area contributed by atoms with Gasteiger partial charge < -0.3 is 20.8 Å². The van der Waals surface area contributed by atoms with Crippen LogP contribution in [0.15, 0.2) is 46.3 Å². The van der Waals surface area contributed by atoms with Crippen LogP contribution < -0.4 is 16.6 Å². The molecule has 1 saturated carbocycles. The zero-order valence-corrected chi connectivity index (χ0v) is 19.4. The van der Waals surface area contributed by atoms with Gasteiger partial charge in [0, 0.05) is 25.8 Å². The molecule has 4 rings (SSSR count). The molecule has 186 valence electrons. The lowest BCUT2D eigenvalue weighted by Crippen LogP contribution is -2.33. The van der Waals surface area contributed by atoms with E-state index in [-0.39, 0.29) is 35.8 Å². The minimum Gasteiger partial charge on any atom is -0.383 e. The first-order valence-corrected chi connectivity index (χ1v) is 10.9. The highest BCUT2D eigenvalue weighted by atomic mass is 19.4. The number of anilines is 1. The van der Waals surface area contributed by atoms with E-state index in [9.17, 15) is 18.0 Å². The lowest BCUT2D eigenvalue weighted by molar-refractivity contribution is -0.160. The van der Waals surface area contributed by atoms with Gasteiger partial charge in [-0.05, 0) is 49.4 Å². The summed E-state index contributed by atoms with van der Waals surface area (Å²) in [6, 6.07) is 9.36. The Kier molecular flexibility index (Phi) is 9.50. The van der Waals surface area contributed by atoms with E-state index in [1.165, 1.54) is 37.4 Å². The fourth-order valence-electron chi connectivity index (χ4n) is 3.84. The topological polar surface area (TPSA) is 116 Å². The quantitative estimate of drug-likeness (QED) is 0.329. The van der Waals surface area contributed by atoms with E-state index in [0.717, 1.165) is 19.4 Å². The lowest BCUT2D eigenvalue weighted by Gasteiger charge is -2.25. The highest BCUT2D eigenvalue weighted by Crippen LogP contribution is 2.58. The first-order chi connectivity index (χ1) is 16.7. The third-order valence-corrected chi connectivity index (χ3v) is 5.70. The first-order valence-electron chi connectivity index (χ1n) is 10.9. The number of nitrogens with zero attached hydrogens (tertiary/aromatic N) is 2. The van der Waals surface area contributed by atoms with Gasteiger partial charge in [-0.15, -0.1) is 12.8 Å². The van der Waals surface area contributed by atoms with E-state index in [4.69, 9.17) is 15.7 Å². The Morgan fingerprint density at radius 1 is 1.29 bits per heavy atom. The highest BCUT2D eigenvalue weighted by Gasteiger charge is 2.64. The summed E-state index contributed by atoms with van der Waals surface area (Å²) >= 11 is 0. The Balaban J connectivity index is 0.000000803. The minimum absolute atomic E-state index is 0.0132. The van der Waals surface area contributed by atoms with Gasteiger partial charge in [-0.25, -0.2) is 4.99 Å². The monoisotopic (exact) mass is 487 g/mol. The van der Waals surface area contributed by atoms with Crippen LogP contribution in [0.5, 0.6) is 0 Å². The van der Waals surface area contributed by atoms with Gasteiger partial charge in [0.05, 0.1) is 29.5 Å². The Bertz CT molecular complexity index is 1120. The van der Waals surface area contributed by atoms with Crippen molar-refractivity contribution in [2.75, 3.05) is 18.5 Å². The number of hydrogen-bond acceptors (Lipinski definition) is 5. The van der Waals surface area contributed by atoms with Crippen LogP contribution in [0.1, 0.15) is 43.7 Å². The zero-order valence-electron chi connectivity index (χ0n) is 19.4. The maximum atomic E-state index is 13.3. The number of aromatic amines is 1. The van der Waals surface area contributed by atoms with Gasteiger partial charge in [0.15, 0.2) is 0 Å². The number of nitrogens with one attached hydrogen (secondary N) is 2. The second-order valence-corrected chi connectivity index (χ2v) is 8.00. The summed E-state index contributed by atoms with van der Waals surface area (Å²) in [4.78, 5) is 19.3. The van der Waals surface area contributed by atoms with E-state index in [1.807, 2.05) is 0 Å². The number of amidine groups is 1. The molecule has 2 aromatic rings. The molecule has 10 heteroatoms. The Hall–Kier alpha value is -3.76. The molecular formula is C25H28F3N5O2. The number of halogens is 3. The van der Waals surface area contributed by atoms with E-state index < -0.39 is 17.2 Å². The van der Waals surface area contributed by atoms with Crippen LogP contribution in [0.2, 0.25) is 0 Å². The fourth-order valence-corrected chi connectivity index (χ4v) is 3.84. The van der Waals surface area contributed by atoms with Crippen LogP contribution in [-0.4, -0.2) is 36.3 Å². The number of terminal acetylenes is 1. The molecule has 2 fully saturated rings. The second kappa shape index (κ2) is 12.1. The van der Waals surface area contributed by atoms with Crippen LogP contribution in [0, 0.1) is 24.2 Å². The molecule has 0 spiro atoms. The molecule has 1 aromatic heterocycles. The van der Waals surface area contributed by atoms with E-state index in [0.29, 0.717) is 18.0 Å². The summed E-state index contributed by atoms with van der Waals surface area (Å²) in [5, 5.41) is 10.6. The van der Waals surface area contributed by atoms with Crippen molar-refractivity contribution in [1.29, 1.82) is 5.26 Å². The van der Waals surface area contributed by atoms with Gasteiger partial charge in [0.2, 0.25) is 0 Å². The Labute approximate surface area is 202 Å². The molecule has 0 unspecified atom stereocenters. The fraction of sp³-hybridized carbons (Fsp3) is 0.400. The predicted molar refractivity (Wildman–Crippen MR) is 129 cm³/mol. The first kappa shape index (κ1) is 27.5. The Morgan fingerprint density at radius 2 is 1.91 bits per heavy atom. The maximum Gasteiger partial charge on any atom is 0.398 e. The molecule has 2 heterocycles. The van der Waals surface area contributed by atoms with Crippen LogP contribution >= 0.6 is 0 Å². The number of nitrogens with two attached hydrogens (primary N) is 1. The third-order valence-electron chi connectivity index (χ3n) is 5.70. The number of H-pyrrole nitrogens is 1. The molecule has 4 N–H and O–H groups in total. The molecule has 1 saturated heterocycles. The van der Waals surface area contributed by atoms with Gasteiger partial charge in [0.25, 0.3) is 5.56 Å². The van der Waals surface area contributed by atoms with Crippen LogP contribution in [0.3, 0.4) is 0 Å². The van der Waals surface area contributed by atoms with Crippen molar-refractivity contribution < 1.29 is 17.9 Å². The number of ether oxygens (including phenoxy) is 1. The van der Waals surface area contributed by atoms with Crippen molar-refractivity contribution >= 4 is 17.2 Å². The van der Waals surface area contributed by atoms with Crippen LogP contribution in [0.25, 0.3) is 0 Å². The molecule has 7 nitrogen and oxygen atoms in total. The highest BCUT2D eigenvalue weighted by molar-refractivity contribution is 6.03. The van der Waals surface area contributed by atoms with E-state index in [1.54, 1.807) is 12.1 Å². The molecule has 0 bridgehead atoms. The second-order valence-electron chi connectivity index (χ2n) is 8.00. The number of aliphatic imine (C=N–C) groups is 1. The summed E-state index contributed by atoms with van der Waals surface area (Å²) in [5.41, 5.74) is 5.32. The number of aromatic nitrogens is 1. The summed E-state index contributed by atoms with van der Waals surface area (Å²) in [7, 11) is 0. The molecule has 1 atom stereocenters. The van der Waals surface area contributed by atoms with Gasteiger partial charge in [-0.1, -0.05) is 12.1 Å².